The third-order valence-corrected chi connectivity index (χ3v) is 7.53. The van der Waals surface area contributed by atoms with E-state index in [1.54, 1.807) is 24.3 Å². The number of fused-ring (bicyclic) bond motifs is 1. The smallest absolute Gasteiger partial charge is 0.399 e. The summed E-state index contributed by atoms with van der Waals surface area (Å²) in [6.45, 7) is 4.07. The second-order valence-electron chi connectivity index (χ2n) is 9.85. The molecule has 214 valence electrons. The number of nitrogens with zero attached hydrogens (tertiary/aromatic N) is 3. The average molecular weight is 589 g/mol. The Hall–Kier alpha value is -4.64. The first-order valence-corrected chi connectivity index (χ1v) is 13.9. The molecule has 0 bridgehead atoms. The van der Waals surface area contributed by atoms with Crippen molar-refractivity contribution in [2.24, 2.45) is 0 Å². The fourth-order valence-electron chi connectivity index (χ4n) is 4.24. The Morgan fingerprint density at radius 1 is 0.929 bits per heavy atom. The Morgan fingerprint density at radius 2 is 1.67 bits per heavy atom. The average Bonchev–Trinajstić information content (AvgIpc) is 2.97. The normalized spacial score (nSPS) is 12.3. The predicted molar refractivity (Wildman–Crippen MR) is 159 cm³/mol. The van der Waals surface area contributed by atoms with Crippen molar-refractivity contribution in [1.82, 2.24) is 20.3 Å². The van der Waals surface area contributed by atoms with Crippen molar-refractivity contribution in [2.45, 2.75) is 41.8 Å². The minimum Gasteiger partial charge on any atom is -0.399 e. The first-order chi connectivity index (χ1) is 20.1. The second kappa shape index (κ2) is 12.1. The molecule has 2 heterocycles. The first-order valence-electron chi connectivity index (χ1n) is 13.1. The number of rotatable bonds is 8. The summed E-state index contributed by atoms with van der Waals surface area (Å²) in [5.41, 5.74) is 8.28. The first kappa shape index (κ1) is 28.9. The minimum atomic E-state index is -4.69. The van der Waals surface area contributed by atoms with Gasteiger partial charge < -0.3 is 16.4 Å². The van der Waals surface area contributed by atoms with Crippen LogP contribution in [0.5, 0.6) is 0 Å². The molecule has 0 aliphatic carbocycles. The number of hydrogen-bond acceptors (Lipinski definition) is 7. The Morgan fingerprint density at radius 3 is 2.36 bits per heavy atom. The van der Waals surface area contributed by atoms with Crippen LogP contribution in [0.25, 0.3) is 11.0 Å². The van der Waals surface area contributed by atoms with Gasteiger partial charge in [0.2, 0.25) is 0 Å². The summed E-state index contributed by atoms with van der Waals surface area (Å²) in [6, 6.07) is 20.8. The van der Waals surface area contributed by atoms with Crippen LogP contribution in [0.4, 0.5) is 30.4 Å². The lowest BCUT2D eigenvalue weighted by atomic mass is 10.1. The monoisotopic (exact) mass is 588 g/mol. The van der Waals surface area contributed by atoms with E-state index >= 15 is 0 Å². The molecule has 1 amide bonds. The van der Waals surface area contributed by atoms with Crippen LogP contribution in [0, 0.1) is 0 Å². The van der Waals surface area contributed by atoms with Crippen LogP contribution < -0.4 is 16.4 Å². The number of amides is 1. The zero-order valence-corrected chi connectivity index (χ0v) is 23.5. The van der Waals surface area contributed by atoms with Crippen LogP contribution in [0.1, 0.15) is 47.4 Å². The number of hydrogen-bond donors (Lipinski definition) is 3. The molecule has 1 atom stereocenters. The highest BCUT2D eigenvalue weighted by Crippen LogP contribution is 2.37. The van der Waals surface area contributed by atoms with Crippen molar-refractivity contribution in [3.8, 4) is 0 Å². The highest BCUT2D eigenvalue weighted by Gasteiger charge is 2.42. The molecule has 5 rings (SSSR count). The summed E-state index contributed by atoms with van der Waals surface area (Å²) in [4.78, 5) is 28.1. The number of benzene rings is 3. The second-order valence-corrected chi connectivity index (χ2v) is 11.0. The van der Waals surface area contributed by atoms with Crippen molar-refractivity contribution in [3.63, 3.8) is 0 Å². The molecule has 7 nitrogen and oxygen atoms in total. The van der Waals surface area contributed by atoms with E-state index in [2.05, 4.69) is 25.6 Å². The highest BCUT2D eigenvalue weighted by molar-refractivity contribution is 7.99. The molecule has 0 aliphatic rings. The lowest BCUT2D eigenvalue weighted by molar-refractivity contribution is -0.155. The van der Waals surface area contributed by atoms with E-state index in [-0.39, 0.29) is 17.0 Å². The number of nitrogens with two attached hydrogens (primary N) is 1. The minimum absolute atomic E-state index is 0.0444. The van der Waals surface area contributed by atoms with Crippen LogP contribution in [0.15, 0.2) is 101 Å². The van der Waals surface area contributed by atoms with Gasteiger partial charge in [0.15, 0.2) is 11.7 Å². The van der Waals surface area contributed by atoms with Crippen LogP contribution >= 0.6 is 11.8 Å². The summed E-state index contributed by atoms with van der Waals surface area (Å²) in [5.74, 6) is -0.226. The predicted octanol–water partition coefficient (Wildman–Crippen LogP) is 7.66. The van der Waals surface area contributed by atoms with Gasteiger partial charge in [0, 0.05) is 26.7 Å². The molecule has 0 spiro atoms. The SMILES string of the molecule is CC(C)c1ccc2c(Nc3cc(C(=O)N[C@H](c4ccccc4)C(F)(F)F)ccc3Sc3ccc(N)cc3)ncnc2n1. The summed E-state index contributed by atoms with van der Waals surface area (Å²) in [7, 11) is 0. The molecule has 42 heavy (non-hydrogen) atoms. The molecule has 3 aromatic carbocycles. The van der Waals surface area contributed by atoms with Crippen molar-refractivity contribution in [1.29, 1.82) is 0 Å². The van der Waals surface area contributed by atoms with Crippen LogP contribution in [0.2, 0.25) is 0 Å². The number of pyridine rings is 1. The molecule has 0 unspecified atom stereocenters. The van der Waals surface area contributed by atoms with Gasteiger partial charge in [-0.1, -0.05) is 55.9 Å². The molecule has 2 aromatic heterocycles. The third kappa shape index (κ3) is 6.63. The molecule has 4 N–H and O–H groups in total. The Kier molecular flexibility index (Phi) is 8.30. The fourth-order valence-corrected chi connectivity index (χ4v) is 5.12. The zero-order valence-electron chi connectivity index (χ0n) is 22.7. The maximum absolute atomic E-state index is 14.0. The van der Waals surface area contributed by atoms with E-state index in [9.17, 15) is 18.0 Å². The van der Waals surface area contributed by atoms with E-state index in [1.807, 2.05) is 38.1 Å². The van der Waals surface area contributed by atoms with Crippen LogP contribution in [-0.2, 0) is 0 Å². The molecule has 0 aliphatic heterocycles. The maximum Gasteiger partial charge on any atom is 0.412 e. The summed E-state index contributed by atoms with van der Waals surface area (Å²) >= 11 is 1.40. The van der Waals surface area contributed by atoms with Gasteiger partial charge in [-0.15, -0.1) is 0 Å². The molecule has 0 saturated heterocycles. The summed E-state index contributed by atoms with van der Waals surface area (Å²) in [5, 5.41) is 6.08. The summed E-state index contributed by atoms with van der Waals surface area (Å²) in [6.07, 6.45) is -3.30. The molecule has 0 saturated carbocycles. The van der Waals surface area contributed by atoms with E-state index in [1.165, 1.54) is 54.5 Å². The number of nitrogen functional groups attached to an aromatic ring is 1. The van der Waals surface area contributed by atoms with Gasteiger partial charge in [0.1, 0.15) is 12.1 Å². The van der Waals surface area contributed by atoms with Gasteiger partial charge in [-0.2, -0.15) is 13.2 Å². The number of anilines is 3. The topological polar surface area (TPSA) is 106 Å². The van der Waals surface area contributed by atoms with Crippen molar-refractivity contribution in [3.05, 3.63) is 108 Å². The van der Waals surface area contributed by atoms with Gasteiger partial charge in [-0.25, -0.2) is 15.0 Å². The Balaban J connectivity index is 1.52. The quantitative estimate of drug-likeness (QED) is 0.160. The number of alkyl halides is 3. The Labute approximate surface area is 244 Å². The lowest BCUT2D eigenvalue weighted by Gasteiger charge is -2.22. The molecule has 5 aromatic rings. The van der Waals surface area contributed by atoms with Gasteiger partial charge in [0.05, 0.1) is 11.1 Å². The number of aromatic nitrogens is 3. The molecule has 0 fully saturated rings. The van der Waals surface area contributed by atoms with E-state index in [0.717, 1.165) is 10.6 Å². The van der Waals surface area contributed by atoms with Gasteiger partial charge in [-0.05, 0) is 66.1 Å². The number of carbonyl (C=O) groups is 1. The van der Waals surface area contributed by atoms with Crippen molar-refractivity contribution < 1.29 is 18.0 Å². The maximum atomic E-state index is 14.0. The zero-order chi connectivity index (χ0) is 29.9. The van der Waals surface area contributed by atoms with Crippen molar-refractivity contribution in [2.75, 3.05) is 11.1 Å². The van der Waals surface area contributed by atoms with Crippen molar-refractivity contribution >= 4 is 45.9 Å². The number of halogens is 3. The molecule has 11 heteroatoms. The van der Waals surface area contributed by atoms with E-state index in [4.69, 9.17) is 5.73 Å². The number of nitrogens with one attached hydrogen (secondary N) is 2. The lowest BCUT2D eigenvalue weighted by Crippen LogP contribution is -2.38. The van der Waals surface area contributed by atoms with E-state index < -0.39 is 18.1 Å². The molecule has 0 radical (unpaired) electrons. The fraction of sp³-hybridized carbons (Fsp3) is 0.161. The standard InChI is InChI=1S/C31H27F3N6OS/c1-18(2)24-14-13-23-28(38-24)36-17-37-29(23)39-25-16-20(8-15-26(25)42-22-11-9-21(35)10-12-22)30(41)40-27(31(32,33)34)19-6-4-3-5-7-19/h3-18,27H,35H2,1-2H3,(H,40,41)(H,36,37,38,39)/t27-/m1/s1. The summed E-state index contributed by atoms with van der Waals surface area (Å²) < 4.78 is 41.9. The van der Waals surface area contributed by atoms with Crippen LogP contribution in [0.3, 0.4) is 0 Å². The molecular weight excluding hydrogens is 561 g/mol. The van der Waals surface area contributed by atoms with E-state index in [0.29, 0.717) is 33.1 Å². The molecular formula is C31H27F3N6OS. The Bertz CT molecular complexity index is 1710. The van der Waals surface area contributed by atoms with Gasteiger partial charge in [0.25, 0.3) is 5.91 Å². The number of carbonyl (C=O) groups excluding carboxylic acids is 1. The largest absolute Gasteiger partial charge is 0.412 e. The van der Waals surface area contributed by atoms with Gasteiger partial charge in [-0.3, -0.25) is 4.79 Å². The van der Waals surface area contributed by atoms with Crippen LogP contribution in [-0.4, -0.2) is 27.0 Å². The van der Waals surface area contributed by atoms with Gasteiger partial charge >= 0.3 is 6.18 Å². The third-order valence-electron chi connectivity index (χ3n) is 6.45. The highest BCUT2D eigenvalue weighted by atomic mass is 32.2.